The molecule has 0 aliphatic rings. The number of nitrogens with one attached hydrogen (secondary N) is 1. The molecular formula is C10H11NO5. The van der Waals surface area contributed by atoms with E-state index in [4.69, 9.17) is 14.6 Å². The number of aliphatic hydroxyl groups is 1. The molecular weight excluding hydrogens is 214 g/mol. The fourth-order valence-corrected chi connectivity index (χ4v) is 0.887. The van der Waals surface area contributed by atoms with Gasteiger partial charge in [-0.2, -0.15) is 0 Å². The zero-order chi connectivity index (χ0) is 12.0. The third-order valence-electron chi connectivity index (χ3n) is 1.70. The highest BCUT2D eigenvalue weighted by molar-refractivity contribution is 5.91. The zero-order valence-corrected chi connectivity index (χ0v) is 8.29. The first-order valence-electron chi connectivity index (χ1n) is 4.50. The lowest BCUT2D eigenvalue weighted by Crippen LogP contribution is -2.35. The molecule has 6 nitrogen and oxygen atoms in total. The molecule has 3 N–H and O–H groups in total. The zero-order valence-electron chi connectivity index (χ0n) is 8.29. The quantitative estimate of drug-likeness (QED) is 0.605. The van der Waals surface area contributed by atoms with Crippen LogP contribution in [0.25, 0.3) is 6.08 Å². The molecule has 0 spiro atoms. The molecule has 0 aliphatic heterocycles. The minimum Gasteiger partial charge on any atom is -0.479 e. The standard InChI is InChI=1S/C10H11NO5/c12-8(10(14)15)6-11-9(13)4-3-7-2-1-5-16-7/h1-5,8,12H,6H2,(H,11,13)(H,14,15). The van der Waals surface area contributed by atoms with Crippen molar-refractivity contribution in [3.8, 4) is 0 Å². The molecule has 1 rings (SSSR count). The van der Waals surface area contributed by atoms with E-state index in [-0.39, 0.29) is 6.54 Å². The molecule has 0 saturated carbocycles. The Bertz CT molecular complexity index is 382. The number of furan rings is 1. The highest BCUT2D eigenvalue weighted by Crippen LogP contribution is 2.01. The molecule has 1 aromatic rings. The van der Waals surface area contributed by atoms with E-state index in [9.17, 15) is 9.59 Å². The number of aliphatic hydroxyl groups excluding tert-OH is 1. The Morgan fingerprint density at radius 1 is 1.56 bits per heavy atom. The van der Waals surface area contributed by atoms with Gasteiger partial charge in [-0.1, -0.05) is 0 Å². The molecule has 0 saturated heterocycles. The summed E-state index contributed by atoms with van der Waals surface area (Å²) in [4.78, 5) is 21.3. The number of carboxylic acids is 1. The summed E-state index contributed by atoms with van der Waals surface area (Å²) in [6.45, 7) is -0.337. The van der Waals surface area contributed by atoms with Crippen LogP contribution < -0.4 is 5.32 Å². The smallest absolute Gasteiger partial charge is 0.334 e. The van der Waals surface area contributed by atoms with Crippen molar-refractivity contribution >= 4 is 18.0 Å². The highest BCUT2D eigenvalue weighted by atomic mass is 16.4. The normalized spacial score (nSPS) is 12.6. The van der Waals surface area contributed by atoms with E-state index >= 15 is 0 Å². The summed E-state index contributed by atoms with van der Waals surface area (Å²) in [5.74, 6) is -1.37. The van der Waals surface area contributed by atoms with E-state index in [0.717, 1.165) is 0 Å². The van der Waals surface area contributed by atoms with Gasteiger partial charge in [-0.3, -0.25) is 4.79 Å². The third-order valence-corrected chi connectivity index (χ3v) is 1.70. The first kappa shape index (κ1) is 12.0. The van der Waals surface area contributed by atoms with Crippen molar-refractivity contribution < 1.29 is 24.2 Å². The lowest BCUT2D eigenvalue weighted by molar-refractivity contribution is -0.146. The van der Waals surface area contributed by atoms with Gasteiger partial charge in [0.05, 0.1) is 12.8 Å². The molecule has 86 valence electrons. The Balaban J connectivity index is 2.34. The Labute approximate surface area is 91.2 Å². The Hall–Kier alpha value is -2.08. The molecule has 0 radical (unpaired) electrons. The van der Waals surface area contributed by atoms with Crippen molar-refractivity contribution in [2.45, 2.75) is 6.10 Å². The van der Waals surface area contributed by atoms with Crippen molar-refractivity contribution in [3.63, 3.8) is 0 Å². The van der Waals surface area contributed by atoms with Gasteiger partial charge in [0, 0.05) is 6.08 Å². The van der Waals surface area contributed by atoms with Crippen LogP contribution in [0.4, 0.5) is 0 Å². The molecule has 0 aromatic carbocycles. The summed E-state index contributed by atoms with van der Waals surface area (Å²) >= 11 is 0. The number of hydrogen-bond donors (Lipinski definition) is 3. The molecule has 1 atom stereocenters. The maximum atomic E-state index is 11.1. The summed E-state index contributed by atoms with van der Waals surface area (Å²) in [5, 5.41) is 19.4. The predicted octanol–water partition coefficient (Wildman–Crippen LogP) is -0.146. The number of rotatable bonds is 5. The second-order valence-corrected chi connectivity index (χ2v) is 2.95. The molecule has 16 heavy (non-hydrogen) atoms. The van der Waals surface area contributed by atoms with Crippen LogP contribution in [0.1, 0.15) is 5.76 Å². The minimum absolute atomic E-state index is 0.337. The van der Waals surface area contributed by atoms with Gasteiger partial charge >= 0.3 is 5.97 Å². The lowest BCUT2D eigenvalue weighted by Gasteiger charge is -2.04. The maximum Gasteiger partial charge on any atom is 0.334 e. The second kappa shape index (κ2) is 5.72. The maximum absolute atomic E-state index is 11.1. The first-order chi connectivity index (χ1) is 7.59. The van der Waals surface area contributed by atoms with E-state index in [2.05, 4.69) is 5.32 Å². The molecule has 1 heterocycles. The summed E-state index contributed by atoms with van der Waals surface area (Å²) in [6, 6.07) is 3.33. The second-order valence-electron chi connectivity index (χ2n) is 2.95. The molecule has 6 heteroatoms. The number of hydrogen-bond acceptors (Lipinski definition) is 4. The van der Waals surface area contributed by atoms with E-state index < -0.39 is 18.0 Å². The van der Waals surface area contributed by atoms with Gasteiger partial charge < -0.3 is 19.9 Å². The van der Waals surface area contributed by atoms with Gasteiger partial charge in [-0.25, -0.2) is 4.79 Å². The Morgan fingerprint density at radius 2 is 2.31 bits per heavy atom. The van der Waals surface area contributed by atoms with Crippen LogP contribution >= 0.6 is 0 Å². The lowest BCUT2D eigenvalue weighted by atomic mass is 10.3. The first-order valence-corrected chi connectivity index (χ1v) is 4.50. The number of carboxylic acid groups (broad SMARTS) is 1. The van der Waals surface area contributed by atoms with Crippen molar-refractivity contribution in [2.75, 3.05) is 6.54 Å². The molecule has 0 fully saturated rings. The van der Waals surface area contributed by atoms with Crippen LogP contribution in [0.5, 0.6) is 0 Å². The van der Waals surface area contributed by atoms with E-state index in [1.807, 2.05) is 0 Å². The summed E-state index contributed by atoms with van der Waals surface area (Å²) in [5.41, 5.74) is 0. The van der Waals surface area contributed by atoms with Crippen LogP contribution in [0.15, 0.2) is 28.9 Å². The number of aliphatic carboxylic acids is 1. The minimum atomic E-state index is -1.60. The van der Waals surface area contributed by atoms with Crippen molar-refractivity contribution in [3.05, 3.63) is 30.2 Å². The number of amides is 1. The Kier molecular flexibility index (Phi) is 4.28. The van der Waals surface area contributed by atoms with Crippen LogP contribution in [0, 0.1) is 0 Å². The van der Waals surface area contributed by atoms with E-state index in [1.165, 1.54) is 18.4 Å². The van der Waals surface area contributed by atoms with Crippen LogP contribution in [-0.4, -0.2) is 34.7 Å². The van der Waals surface area contributed by atoms with Gasteiger partial charge in [-0.05, 0) is 18.2 Å². The monoisotopic (exact) mass is 225 g/mol. The number of carbonyl (C=O) groups is 2. The van der Waals surface area contributed by atoms with Gasteiger partial charge in [0.15, 0.2) is 6.10 Å². The van der Waals surface area contributed by atoms with Crippen molar-refractivity contribution in [1.82, 2.24) is 5.32 Å². The average Bonchev–Trinajstić information content (AvgIpc) is 2.75. The van der Waals surface area contributed by atoms with Crippen LogP contribution in [0.3, 0.4) is 0 Å². The average molecular weight is 225 g/mol. The Morgan fingerprint density at radius 3 is 2.88 bits per heavy atom. The molecule has 1 amide bonds. The molecule has 0 bridgehead atoms. The van der Waals surface area contributed by atoms with Crippen LogP contribution in [0.2, 0.25) is 0 Å². The van der Waals surface area contributed by atoms with Gasteiger partial charge in [0.1, 0.15) is 5.76 Å². The summed E-state index contributed by atoms with van der Waals surface area (Å²) in [6.07, 6.45) is 2.49. The van der Waals surface area contributed by atoms with Crippen molar-refractivity contribution in [1.29, 1.82) is 0 Å². The SMILES string of the molecule is O=C(C=Cc1ccco1)NCC(O)C(=O)O. The summed E-state index contributed by atoms with van der Waals surface area (Å²) < 4.78 is 4.94. The van der Waals surface area contributed by atoms with E-state index in [0.29, 0.717) is 5.76 Å². The molecule has 0 aliphatic carbocycles. The highest BCUT2D eigenvalue weighted by Gasteiger charge is 2.12. The fourth-order valence-electron chi connectivity index (χ4n) is 0.887. The van der Waals surface area contributed by atoms with E-state index in [1.54, 1.807) is 12.1 Å². The summed E-state index contributed by atoms with van der Waals surface area (Å²) in [7, 11) is 0. The van der Waals surface area contributed by atoms with Crippen molar-refractivity contribution in [2.24, 2.45) is 0 Å². The molecule has 1 aromatic heterocycles. The van der Waals surface area contributed by atoms with Crippen LogP contribution in [-0.2, 0) is 9.59 Å². The topological polar surface area (TPSA) is 99.8 Å². The molecule has 1 unspecified atom stereocenters. The van der Waals surface area contributed by atoms with Gasteiger partial charge in [-0.15, -0.1) is 0 Å². The van der Waals surface area contributed by atoms with Gasteiger partial charge in [0.25, 0.3) is 0 Å². The largest absolute Gasteiger partial charge is 0.479 e. The fraction of sp³-hybridized carbons (Fsp3) is 0.200. The predicted molar refractivity (Wildman–Crippen MR) is 54.4 cm³/mol. The van der Waals surface area contributed by atoms with Gasteiger partial charge in [0.2, 0.25) is 5.91 Å². The number of carbonyl (C=O) groups excluding carboxylic acids is 1. The third kappa shape index (κ3) is 3.97.